The Labute approximate surface area is 90.8 Å². The first-order chi connectivity index (χ1) is 7.09. The zero-order valence-electron chi connectivity index (χ0n) is 7.81. The van der Waals surface area contributed by atoms with E-state index in [9.17, 15) is 9.18 Å². The number of hydrogen-bond donors (Lipinski definition) is 2. The SMILES string of the molecule is Nc1ccc(SC/C=C/C(=O)O)cc1F. The minimum absolute atomic E-state index is 0.112. The van der Waals surface area contributed by atoms with Crippen LogP contribution in [0.15, 0.2) is 35.2 Å². The van der Waals surface area contributed by atoms with Gasteiger partial charge in [0.05, 0.1) is 5.69 Å². The molecule has 0 aliphatic carbocycles. The van der Waals surface area contributed by atoms with Gasteiger partial charge in [-0.05, 0) is 18.2 Å². The molecule has 80 valence electrons. The van der Waals surface area contributed by atoms with Crippen LogP contribution in [0.25, 0.3) is 0 Å². The molecule has 0 aliphatic heterocycles. The number of carboxylic acid groups (broad SMARTS) is 1. The molecule has 15 heavy (non-hydrogen) atoms. The number of carbonyl (C=O) groups is 1. The molecular formula is C10H10FNO2S. The fourth-order valence-corrected chi connectivity index (χ4v) is 1.63. The lowest BCUT2D eigenvalue weighted by molar-refractivity contribution is -0.131. The second-order valence-electron chi connectivity index (χ2n) is 2.73. The molecule has 0 amide bonds. The monoisotopic (exact) mass is 227 g/mol. The van der Waals surface area contributed by atoms with Crippen LogP contribution in [-0.4, -0.2) is 16.8 Å². The number of halogens is 1. The van der Waals surface area contributed by atoms with E-state index in [-0.39, 0.29) is 5.69 Å². The standard InChI is InChI=1S/C10H10FNO2S/c11-8-6-7(3-4-9(8)12)15-5-1-2-10(13)14/h1-4,6H,5,12H2,(H,13,14)/b2-1+. The van der Waals surface area contributed by atoms with E-state index in [0.29, 0.717) is 5.75 Å². The highest BCUT2D eigenvalue weighted by Crippen LogP contribution is 2.21. The maximum Gasteiger partial charge on any atom is 0.328 e. The summed E-state index contributed by atoms with van der Waals surface area (Å²) in [6.07, 6.45) is 2.56. The van der Waals surface area contributed by atoms with Crippen molar-refractivity contribution in [3.05, 3.63) is 36.2 Å². The fraction of sp³-hybridized carbons (Fsp3) is 0.100. The number of carboxylic acids is 1. The van der Waals surface area contributed by atoms with Crippen LogP contribution in [0, 0.1) is 5.82 Å². The molecule has 0 atom stereocenters. The lowest BCUT2D eigenvalue weighted by atomic mass is 10.3. The third-order valence-electron chi connectivity index (χ3n) is 1.58. The number of hydrogen-bond acceptors (Lipinski definition) is 3. The minimum atomic E-state index is -0.987. The zero-order valence-corrected chi connectivity index (χ0v) is 8.63. The Morgan fingerprint density at radius 2 is 2.33 bits per heavy atom. The molecule has 0 fully saturated rings. The molecule has 0 saturated heterocycles. The summed E-state index contributed by atoms with van der Waals surface area (Å²) >= 11 is 1.34. The van der Waals surface area contributed by atoms with Crippen LogP contribution in [0.3, 0.4) is 0 Å². The van der Waals surface area contributed by atoms with Gasteiger partial charge in [0.1, 0.15) is 5.82 Å². The summed E-state index contributed by atoms with van der Waals surface area (Å²) in [6.45, 7) is 0. The van der Waals surface area contributed by atoms with Crippen molar-refractivity contribution in [3.63, 3.8) is 0 Å². The molecule has 0 unspecified atom stereocenters. The van der Waals surface area contributed by atoms with Gasteiger partial charge in [0.15, 0.2) is 0 Å². The Hall–Kier alpha value is -1.49. The van der Waals surface area contributed by atoms with Crippen molar-refractivity contribution < 1.29 is 14.3 Å². The summed E-state index contributed by atoms with van der Waals surface area (Å²) in [7, 11) is 0. The summed E-state index contributed by atoms with van der Waals surface area (Å²) in [5, 5.41) is 8.32. The van der Waals surface area contributed by atoms with Crippen molar-refractivity contribution in [2.24, 2.45) is 0 Å². The number of thioether (sulfide) groups is 1. The molecule has 1 aromatic carbocycles. The van der Waals surface area contributed by atoms with Crippen LogP contribution in [0.5, 0.6) is 0 Å². The Morgan fingerprint density at radius 3 is 2.93 bits per heavy atom. The molecule has 3 nitrogen and oxygen atoms in total. The van der Waals surface area contributed by atoms with E-state index < -0.39 is 11.8 Å². The average molecular weight is 227 g/mol. The summed E-state index contributed by atoms with van der Waals surface area (Å²) in [5.74, 6) is -0.961. The first kappa shape index (κ1) is 11.6. The van der Waals surface area contributed by atoms with Crippen LogP contribution in [0.4, 0.5) is 10.1 Å². The lowest BCUT2D eigenvalue weighted by Gasteiger charge is -2.00. The Morgan fingerprint density at radius 1 is 1.60 bits per heavy atom. The first-order valence-corrected chi connectivity index (χ1v) is 5.15. The smallest absolute Gasteiger partial charge is 0.328 e. The van der Waals surface area contributed by atoms with E-state index in [0.717, 1.165) is 11.0 Å². The number of nitrogens with two attached hydrogens (primary N) is 1. The Balaban J connectivity index is 2.51. The van der Waals surface area contributed by atoms with Gasteiger partial charge in [0.25, 0.3) is 0 Å². The topological polar surface area (TPSA) is 63.3 Å². The summed E-state index contributed by atoms with van der Waals surface area (Å²) in [6, 6.07) is 4.50. The number of benzene rings is 1. The molecule has 3 N–H and O–H groups in total. The van der Waals surface area contributed by atoms with E-state index in [1.807, 2.05) is 0 Å². The molecule has 1 aromatic rings. The van der Waals surface area contributed by atoms with Crippen LogP contribution in [-0.2, 0) is 4.79 Å². The second kappa shape index (κ2) is 5.41. The van der Waals surface area contributed by atoms with E-state index in [4.69, 9.17) is 10.8 Å². The predicted octanol–water partition coefficient (Wildman–Crippen LogP) is 2.14. The van der Waals surface area contributed by atoms with Gasteiger partial charge in [-0.1, -0.05) is 6.08 Å². The van der Waals surface area contributed by atoms with Gasteiger partial charge in [0.2, 0.25) is 0 Å². The number of aliphatic carboxylic acids is 1. The van der Waals surface area contributed by atoms with Crippen molar-refractivity contribution >= 4 is 23.4 Å². The molecule has 0 bridgehead atoms. The van der Waals surface area contributed by atoms with E-state index >= 15 is 0 Å². The van der Waals surface area contributed by atoms with E-state index in [1.54, 1.807) is 6.07 Å². The normalized spacial score (nSPS) is 10.7. The number of nitrogen functional groups attached to an aromatic ring is 1. The third kappa shape index (κ3) is 4.03. The Kier molecular flexibility index (Phi) is 4.17. The summed E-state index contributed by atoms with van der Waals surface area (Å²) in [4.78, 5) is 10.9. The van der Waals surface area contributed by atoms with Gasteiger partial charge < -0.3 is 10.8 Å². The molecule has 0 saturated carbocycles. The quantitative estimate of drug-likeness (QED) is 0.470. The van der Waals surface area contributed by atoms with Gasteiger partial charge in [-0.25, -0.2) is 9.18 Å². The molecule has 0 radical (unpaired) electrons. The zero-order chi connectivity index (χ0) is 11.3. The minimum Gasteiger partial charge on any atom is -0.478 e. The predicted molar refractivity (Wildman–Crippen MR) is 58.3 cm³/mol. The highest BCUT2D eigenvalue weighted by Gasteiger charge is 1.99. The van der Waals surface area contributed by atoms with E-state index in [2.05, 4.69) is 0 Å². The number of rotatable bonds is 4. The van der Waals surface area contributed by atoms with Crippen molar-refractivity contribution in [2.75, 3.05) is 11.5 Å². The second-order valence-corrected chi connectivity index (χ2v) is 3.83. The maximum atomic E-state index is 13.0. The lowest BCUT2D eigenvalue weighted by Crippen LogP contribution is -1.90. The Bertz CT molecular complexity index is 393. The van der Waals surface area contributed by atoms with Crippen molar-refractivity contribution in [1.29, 1.82) is 0 Å². The van der Waals surface area contributed by atoms with Gasteiger partial charge >= 0.3 is 5.97 Å². The molecule has 0 aromatic heterocycles. The third-order valence-corrected chi connectivity index (χ3v) is 2.52. The molecule has 0 heterocycles. The molecule has 1 rings (SSSR count). The molecular weight excluding hydrogens is 217 g/mol. The van der Waals surface area contributed by atoms with Crippen molar-refractivity contribution in [1.82, 2.24) is 0 Å². The van der Waals surface area contributed by atoms with Gasteiger partial charge in [0, 0.05) is 16.7 Å². The van der Waals surface area contributed by atoms with Crippen molar-refractivity contribution in [2.45, 2.75) is 4.90 Å². The van der Waals surface area contributed by atoms with Gasteiger partial charge in [-0.3, -0.25) is 0 Å². The maximum absolute atomic E-state index is 13.0. The summed E-state index contributed by atoms with van der Waals surface area (Å²) < 4.78 is 13.0. The summed E-state index contributed by atoms with van der Waals surface area (Å²) in [5.41, 5.74) is 5.42. The number of anilines is 1. The van der Waals surface area contributed by atoms with Gasteiger partial charge in [-0.2, -0.15) is 0 Å². The highest BCUT2D eigenvalue weighted by atomic mass is 32.2. The van der Waals surface area contributed by atoms with Crippen LogP contribution >= 0.6 is 11.8 Å². The van der Waals surface area contributed by atoms with Gasteiger partial charge in [-0.15, -0.1) is 11.8 Å². The molecule has 5 heteroatoms. The van der Waals surface area contributed by atoms with Crippen LogP contribution in [0.1, 0.15) is 0 Å². The highest BCUT2D eigenvalue weighted by molar-refractivity contribution is 7.99. The average Bonchev–Trinajstić information content (AvgIpc) is 2.18. The fourth-order valence-electron chi connectivity index (χ4n) is 0.891. The van der Waals surface area contributed by atoms with Crippen molar-refractivity contribution in [3.8, 4) is 0 Å². The van der Waals surface area contributed by atoms with Crippen LogP contribution in [0.2, 0.25) is 0 Å². The molecule has 0 aliphatic rings. The largest absolute Gasteiger partial charge is 0.478 e. The molecule has 0 spiro atoms. The van der Waals surface area contributed by atoms with E-state index in [1.165, 1.54) is 30.0 Å². The van der Waals surface area contributed by atoms with Crippen LogP contribution < -0.4 is 5.73 Å². The first-order valence-electron chi connectivity index (χ1n) is 4.17.